The Bertz CT molecular complexity index is 468. The van der Waals surface area contributed by atoms with Crippen LogP contribution in [0.15, 0.2) is 0 Å². The van der Waals surface area contributed by atoms with Crippen molar-refractivity contribution in [3.8, 4) is 0 Å². The number of imidazole rings is 1. The Morgan fingerprint density at radius 3 is 2.79 bits per heavy atom. The van der Waals surface area contributed by atoms with E-state index in [1.54, 1.807) is 6.26 Å². The molecule has 19 heavy (non-hydrogen) atoms. The van der Waals surface area contributed by atoms with Gasteiger partial charge in [0.15, 0.2) is 0 Å². The summed E-state index contributed by atoms with van der Waals surface area (Å²) in [5, 5.41) is 3.38. The predicted octanol–water partition coefficient (Wildman–Crippen LogP) is 1.67. The molecule has 1 aromatic heterocycles. The lowest BCUT2D eigenvalue weighted by atomic mass is 10.1. The third-order valence-electron chi connectivity index (χ3n) is 3.50. The van der Waals surface area contributed by atoms with E-state index in [1.165, 1.54) is 17.2 Å². The van der Waals surface area contributed by atoms with Gasteiger partial charge in [0.25, 0.3) is 0 Å². The second-order valence-corrected chi connectivity index (χ2v) is 7.38. The van der Waals surface area contributed by atoms with Crippen LogP contribution in [0.3, 0.4) is 0 Å². The van der Waals surface area contributed by atoms with Crippen molar-refractivity contribution in [2.45, 2.75) is 46.2 Å². The molecular weight excluding hydrogens is 258 g/mol. The van der Waals surface area contributed by atoms with Gasteiger partial charge in [0.1, 0.15) is 5.82 Å². The van der Waals surface area contributed by atoms with Crippen molar-refractivity contribution in [2.24, 2.45) is 5.92 Å². The van der Waals surface area contributed by atoms with Crippen LogP contribution in [0.5, 0.6) is 0 Å². The number of rotatable bonds is 5. The van der Waals surface area contributed by atoms with Crippen molar-refractivity contribution in [2.75, 3.05) is 18.6 Å². The van der Waals surface area contributed by atoms with Crippen LogP contribution in [0.2, 0.25) is 0 Å². The Labute approximate surface area is 118 Å². The molecule has 4 nitrogen and oxygen atoms in total. The molecule has 0 fully saturated rings. The average Bonchev–Trinajstić information content (AvgIpc) is 2.64. The highest BCUT2D eigenvalue weighted by molar-refractivity contribution is 7.84. The number of nitrogens with one attached hydrogen (secondary N) is 1. The highest BCUT2D eigenvalue weighted by atomic mass is 32.2. The van der Waals surface area contributed by atoms with E-state index in [1.807, 2.05) is 0 Å². The minimum atomic E-state index is -0.766. The number of aromatic nitrogens is 2. The molecule has 2 heterocycles. The first-order valence-electron chi connectivity index (χ1n) is 7.08. The first-order chi connectivity index (χ1) is 8.99. The summed E-state index contributed by atoms with van der Waals surface area (Å²) in [6.45, 7) is 8.49. The number of hydrogen-bond donors (Lipinski definition) is 1. The normalized spacial score (nSPS) is 18.4. The quantitative estimate of drug-likeness (QED) is 0.894. The highest BCUT2D eigenvalue weighted by Crippen LogP contribution is 2.23. The zero-order valence-corrected chi connectivity index (χ0v) is 13.2. The maximum Gasteiger partial charge on any atom is 0.109 e. The Kier molecular flexibility index (Phi) is 4.79. The summed E-state index contributed by atoms with van der Waals surface area (Å²) in [5.74, 6) is 2.47. The number of hydrogen-bond acceptors (Lipinski definition) is 3. The molecule has 1 N–H and O–H groups in total. The van der Waals surface area contributed by atoms with Crippen molar-refractivity contribution in [3.05, 3.63) is 17.2 Å². The van der Waals surface area contributed by atoms with Gasteiger partial charge in [-0.25, -0.2) is 4.98 Å². The van der Waals surface area contributed by atoms with Gasteiger partial charge < -0.3 is 9.88 Å². The van der Waals surface area contributed by atoms with Gasteiger partial charge in [0, 0.05) is 60.5 Å². The van der Waals surface area contributed by atoms with Gasteiger partial charge in [0.2, 0.25) is 0 Å². The maximum atomic E-state index is 11.5. The minimum absolute atomic E-state index is 0.272. The molecule has 5 heteroatoms. The Balaban J connectivity index is 2.36. The molecule has 2 rings (SSSR count). The molecule has 0 aliphatic carbocycles. The van der Waals surface area contributed by atoms with Crippen molar-refractivity contribution in [1.82, 2.24) is 14.9 Å². The van der Waals surface area contributed by atoms with Gasteiger partial charge in [-0.05, 0) is 12.8 Å². The van der Waals surface area contributed by atoms with Crippen molar-refractivity contribution in [1.29, 1.82) is 0 Å². The van der Waals surface area contributed by atoms with Crippen molar-refractivity contribution in [3.63, 3.8) is 0 Å². The second kappa shape index (κ2) is 6.18. The van der Waals surface area contributed by atoms with Gasteiger partial charge in [-0.3, -0.25) is 4.21 Å². The molecule has 2 unspecified atom stereocenters. The van der Waals surface area contributed by atoms with Gasteiger partial charge in [-0.1, -0.05) is 13.8 Å². The SMILES string of the molecule is CC(C)Cc1nc2c(n1C(C)CS(C)=O)CCNC2. The molecular formula is C14H25N3OS. The third kappa shape index (κ3) is 3.45. The summed E-state index contributed by atoms with van der Waals surface area (Å²) in [5.41, 5.74) is 2.54. The number of fused-ring (bicyclic) bond motifs is 1. The Morgan fingerprint density at radius 2 is 2.16 bits per heavy atom. The molecule has 1 aliphatic rings. The molecule has 0 saturated heterocycles. The molecule has 108 valence electrons. The van der Waals surface area contributed by atoms with E-state index in [2.05, 4.69) is 30.7 Å². The van der Waals surface area contributed by atoms with Crippen molar-refractivity contribution >= 4 is 10.8 Å². The molecule has 0 amide bonds. The molecule has 0 radical (unpaired) electrons. The molecule has 0 bridgehead atoms. The van der Waals surface area contributed by atoms with Gasteiger partial charge >= 0.3 is 0 Å². The standard InChI is InChI=1S/C14H25N3OS/c1-10(2)7-14-16-12-8-15-6-5-13(12)17(14)11(3)9-19(4)18/h10-11,15H,5-9H2,1-4H3. The minimum Gasteiger partial charge on any atom is -0.328 e. The monoisotopic (exact) mass is 283 g/mol. The van der Waals surface area contributed by atoms with Crippen LogP contribution in [-0.2, 0) is 30.2 Å². The fourth-order valence-electron chi connectivity index (χ4n) is 2.83. The topological polar surface area (TPSA) is 46.9 Å². The summed E-state index contributed by atoms with van der Waals surface area (Å²) < 4.78 is 13.9. The van der Waals surface area contributed by atoms with Gasteiger partial charge in [0.05, 0.1) is 5.69 Å². The highest BCUT2D eigenvalue weighted by Gasteiger charge is 2.23. The van der Waals surface area contributed by atoms with Gasteiger partial charge in [-0.15, -0.1) is 0 Å². The average molecular weight is 283 g/mol. The Morgan fingerprint density at radius 1 is 1.42 bits per heavy atom. The smallest absolute Gasteiger partial charge is 0.109 e. The van der Waals surface area contributed by atoms with Crippen LogP contribution in [-0.4, -0.2) is 32.3 Å². The molecule has 1 aliphatic heterocycles. The molecule has 0 saturated carbocycles. The van der Waals surface area contributed by atoms with Crippen LogP contribution in [0, 0.1) is 5.92 Å². The van der Waals surface area contributed by atoms with E-state index in [4.69, 9.17) is 4.98 Å². The second-order valence-electron chi connectivity index (χ2n) is 5.91. The third-order valence-corrected chi connectivity index (χ3v) is 4.46. The van der Waals surface area contributed by atoms with Crippen LogP contribution < -0.4 is 5.32 Å². The summed E-state index contributed by atoms with van der Waals surface area (Å²) in [6.07, 6.45) is 3.80. The zero-order valence-electron chi connectivity index (χ0n) is 12.4. The van der Waals surface area contributed by atoms with Crippen LogP contribution in [0.1, 0.15) is 44.0 Å². The lowest BCUT2D eigenvalue weighted by molar-refractivity contribution is 0.506. The largest absolute Gasteiger partial charge is 0.328 e. The lowest BCUT2D eigenvalue weighted by Gasteiger charge is -2.21. The van der Waals surface area contributed by atoms with E-state index in [9.17, 15) is 4.21 Å². The summed E-state index contributed by atoms with van der Waals surface area (Å²) in [6, 6.07) is 0.272. The van der Waals surface area contributed by atoms with Crippen LogP contribution in [0.25, 0.3) is 0 Å². The van der Waals surface area contributed by atoms with Crippen LogP contribution >= 0.6 is 0 Å². The maximum absolute atomic E-state index is 11.5. The zero-order chi connectivity index (χ0) is 14.0. The van der Waals surface area contributed by atoms with Crippen LogP contribution in [0.4, 0.5) is 0 Å². The van der Waals surface area contributed by atoms with E-state index in [-0.39, 0.29) is 6.04 Å². The fraction of sp³-hybridized carbons (Fsp3) is 0.786. The first kappa shape index (κ1) is 14.7. The summed E-state index contributed by atoms with van der Waals surface area (Å²) >= 11 is 0. The molecule has 0 aromatic carbocycles. The predicted molar refractivity (Wildman–Crippen MR) is 79.8 cm³/mol. The molecule has 1 aromatic rings. The van der Waals surface area contributed by atoms with E-state index >= 15 is 0 Å². The van der Waals surface area contributed by atoms with Gasteiger partial charge in [-0.2, -0.15) is 0 Å². The molecule has 0 spiro atoms. The summed E-state index contributed by atoms with van der Waals surface area (Å²) in [4.78, 5) is 4.82. The number of nitrogens with zero attached hydrogens (tertiary/aromatic N) is 2. The summed E-state index contributed by atoms with van der Waals surface area (Å²) in [7, 11) is -0.766. The van der Waals surface area contributed by atoms with E-state index in [0.717, 1.165) is 25.9 Å². The Hall–Kier alpha value is -0.680. The lowest BCUT2D eigenvalue weighted by Crippen LogP contribution is -2.26. The molecule has 2 atom stereocenters. The fourth-order valence-corrected chi connectivity index (χ4v) is 3.66. The first-order valence-corrected chi connectivity index (χ1v) is 8.81. The van der Waals surface area contributed by atoms with E-state index < -0.39 is 10.8 Å². The van der Waals surface area contributed by atoms with Crippen molar-refractivity contribution < 1.29 is 4.21 Å². The van der Waals surface area contributed by atoms with E-state index in [0.29, 0.717) is 11.7 Å².